The van der Waals surface area contributed by atoms with Gasteiger partial charge in [0.05, 0.1) is 0 Å². The van der Waals surface area contributed by atoms with E-state index in [1.165, 1.54) is 0 Å². The minimum absolute atomic E-state index is 0.0852. The number of allylic oxidation sites excluding steroid dienone is 4. The lowest BCUT2D eigenvalue weighted by Gasteiger charge is -2.25. The van der Waals surface area contributed by atoms with Crippen LogP contribution in [0.15, 0.2) is 34.9 Å². The Hall–Kier alpha value is -0.440. The van der Waals surface area contributed by atoms with E-state index in [2.05, 4.69) is 29.1 Å². The minimum atomic E-state index is -2.58. The van der Waals surface area contributed by atoms with Gasteiger partial charge in [-0.05, 0) is 17.6 Å². The predicted octanol–water partition coefficient (Wildman–Crippen LogP) is 4.20. The molecule has 0 N–H and O–H groups in total. The van der Waals surface area contributed by atoms with Crippen LogP contribution in [0, 0.1) is 0 Å². The Morgan fingerprint density at radius 1 is 1.54 bits per heavy atom. The summed E-state index contributed by atoms with van der Waals surface area (Å²) in [6, 6.07) is 0. The average Bonchev–Trinajstić information content (AvgIpc) is 2.03. The minimum Gasteiger partial charge on any atom is -0.207 e. The fourth-order valence-corrected chi connectivity index (χ4v) is 1.82. The van der Waals surface area contributed by atoms with Gasteiger partial charge >= 0.3 is 0 Å². The van der Waals surface area contributed by atoms with Gasteiger partial charge in [-0.25, -0.2) is 8.78 Å². The predicted molar refractivity (Wildman–Crippen MR) is 54.1 cm³/mol. The van der Waals surface area contributed by atoms with E-state index >= 15 is 0 Å². The molecule has 0 unspecified atom stereocenters. The summed E-state index contributed by atoms with van der Waals surface area (Å²) < 4.78 is 26.5. The van der Waals surface area contributed by atoms with Crippen LogP contribution >= 0.6 is 15.9 Å². The van der Waals surface area contributed by atoms with Gasteiger partial charge in [-0.3, -0.25) is 0 Å². The highest BCUT2D eigenvalue weighted by molar-refractivity contribution is 9.11. The van der Waals surface area contributed by atoms with Crippen LogP contribution in [0.3, 0.4) is 0 Å². The van der Waals surface area contributed by atoms with Crippen molar-refractivity contribution >= 4 is 15.9 Å². The molecule has 0 amide bonds. The molecule has 1 rings (SSSR count). The average molecular weight is 249 g/mol. The summed E-state index contributed by atoms with van der Waals surface area (Å²) in [5.74, 6) is -2.58. The Kier molecular flexibility index (Phi) is 3.06. The van der Waals surface area contributed by atoms with Crippen LogP contribution in [0.4, 0.5) is 8.78 Å². The van der Waals surface area contributed by atoms with Gasteiger partial charge < -0.3 is 0 Å². The van der Waals surface area contributed by atoms with E-state index in [0.717, 1.165) is 5.57 Å². The molecule has 1 aliphatic carbocycles. The summed E-state index contributed by atoms with van der Waals surface area (Å²) in [6.07, 6.45) is 1.71. The van der Waals surface area contributed by atoms with E-state index in [0.29, 0.717) is 16.5 Å². The van der Waals surface area contributed by atoms with Crippen LogP contribution in [0.25, 0.3) is 0 Å². The molecular weight excluding hydrogens is 238 g/mol. The Morgan fingerprint density at radius 3 is 2.62 bits per heavy atom. The summed E-state index contributed by atoms with van der Waals surface area (Å²) in [5, 5.41) is 0. The van der Waals surface area contributed by atoms with Crippen molar-refractivity contribution in [2.24, 2.45) is 0 Å². The Labute approximate surface area is 85.1 Å². The highest BCUT2D eigenvalue weighted by Gasteiger charge is 2.34. The third-order valence-electron chi connectivity index (χ3n) is 2.16. The maximum atomic E-state index is 13.0. The molecule has 13 heavy (non-hydrogen) atoms. The zero-order valence-corrected chi connectivity index (χ0v) is 8.83. The number of rotatable bonds is 2. The fraction of sp³-hybridized carbons (Fsp3) is 0.400. The van der Waals surface area contributed by atoms with Gasteiger partial charge in [-0.15, -0.1) is 0 Å². The van der Waals surface area contributed by atoms with Crippen LogP contribution < -0.4 is 0 Å². The zero-order chi connectivity index (χ0) is 10.1. The number of hydrogen-bond donors (Lipinski definition) is 0. The van der Waals surface area contributed by atoms with E-state index in [-0.39, 0.29) is 12.8 Å². The largest absolute Gasteiger partial charge is 0.252 e. The third-order valence-corrected chi connectivity index (χ3v) is 2.64. The smallest absolute Gasteiger partial charge is 0.207 e. The fourth-order valence-electron chi connectivity index (χ4n) is 1.42. The first-order valence-electron chi connectivity index (χ1n) is 4.03. The molecule has 0 fully saturated rings. The Balaban J connectivity index is 3.00. The highest BCUT2D eigenvalue weighted by Crippen LogP contribution is 2.40. The van der Waals surface area contributed by atoms with E-state index in [1.54, 1.807) is 6.08 Å². The molecule has 0 aliphatic heterocycles. The second-order valence-corrected chi connectivity index (χ2v) is 4.10. The van der Waals surface area contributed by atoms with Crippen molar-refractivity contribution in [3.63, 3.8) is 0 Å². The molecule has 0 bridgehead atoms. The number of alkyl halides is 2. The summed E-state index contributed by atoms with van der Waals surface area (Å²) >= 11 is 3.14. The normalized spacial score (nSPS) is 21.5. The van der Waals surface area contributed by atoms with Crippen molar-refractivity contribution in [2.75, 3.05) is 0 Å². The molecule has 0 saturated heterocycles. The van der Waals surface area contributed by atoms with Crippen LogP contribution in [0.5, 0.6) is 0 Å². The first-order chi connectivity index (χ1) is 5.96. The molecular formula is C10H11BrF2. The van der Waals surface area contributed by atoms with Crippen molar-refractivity contribution in [1.82, 2.24) is 0 Å². The van der Waals surface area contributed by atoms with Gasteiger partial charge in [-0.2, -0.15) is 0 Å². The van der Waals surface area contributed by atoms with Crippen molar-refractivity contribution in [1.29, 1.82) is 0 Å². The van der Waals surface area contributed by atoms with Gasteiger partial charge in [0.15, 0.2) is 0 Å². The molecule has 0 atom stereocenters. The quantitative estimate of drug-likeness (QED) is 0.688. The van der Waals surface area contributed by atoms with Crippen molar-refractivity contribution in [3.8, 4) is 0 Å². The van der Waals surface area contributed by atoms with E-state index in [9.17, 15) is 8.78 Å². The second-order valence-electron chi connectivity index (χ2n) is 3.15. The van der Waals surface area contributed by atoms with Gasteiger partial charge in [0.2, 0.25) is 0 Å². The van der Waals surface area contributed by atoms with Gasteiger partial charge in [0.25, 0.3) is 5.92 Å². The lowest BCUT2D eigenvalue weighted by Crippen LogP contribution is -2.21. The molecule has 0 aromatic carbocycles. The molecule has 0 radical (unpaired) electrons. The summed E-state index contributed by atoms with van der Waals surface area (Å²) in [5.41, 5.74) is 1.49. The molecule has 3 heteroatoms. The monoisotopic (exact) mass is 248 g/mol. The third kappa shape index (κ3) is 2.50. The van der Waals surface area contributed by atoms with Crippen LogP contribution in [0.1, 0.15) is 19.3 Å². The highest BCUT2D eigenvalue weighted by atomic mass is 79.9. The van der Waals surface area contributed by atoms with Gasteiger partial charge in [-0.1, -0.05) is 35.2 Å². The van der Waals surface area contributed by atoms with Crippen molar-refractivity contribution in [2.45, 2.75) is 25.2 Å². The molecule has 0 heterocycles. The maximum absolute atomic E-state index is 13.0. The van der Waals surface area contributed by atoms with E-state index < -0.39 is 5.92 Å². The van der Waals surface area contributed by atoms with Gasteiger partial charge in [0.1, 0.15) is 0 Å². The van der Waals surface area contributed by atoms with Crippen molar-refractivity contribution in [3.05, 3.63) is 34.9 Å². The number of halogens is 3. The molecule has 0 spiro atoms. The SMILES string of the molecule is C=CC1=C(C(=C)Br)CC(F)(F)CC1. The number of hydrogen-bond acceptors (Lipinski definition) is 0. The first-order valence-corrected chi connectivity index (χ1v) is 4.82. The molecule has 1 aliphatic rings. The molecule has 72 valence electrons. The standard InChI is InChI=1S/C10H11BrF2/c1-3-8-4-5-10(12,13)6-9(8)7(2)11/h3H,1-2,4-6H2. The zero-order valence-electron chi connectivity index (χ0n) is 7.25. The van der Waals surface area contributed by atoms with Crippen LogP contribution in [-0.4, -0.2) is 5.92 Å². The molecule has 0 aromatic rings. The second kappa shape index (κ2) is 3.74. The Morgan fingerprint density at radius 2 is 2.15 bits per heavy atom. The molecule has 0 nitrogen and oxygen atoms in total. The lowest BCUT2D eigenvalue weighted by molar-refractivity contribution is -0.0106. The van der Waals surface area contributed by atoms with Crippen LogP contribution in [0.2, 0.25) is 0 Å². The van der Waals surface area contributed by atoms with Gasteiger partial charge in [0, 0.05) is 17.3 Å². The first kappa shape index (κ1) is 10.6. The summed E-state index contributed by atoms with van der Waals surface area (Å²) in [6.45, 7) is 7.22. The van der Waals surface area contributed by atoms with E-state index in [1.807, 2.05) is 0 Å². The maximum Gasteiger partial charge on any atom is 0.252 e. The summed E-state index contributed by atoms with van der Waals surface area (Å²) in [4.78, 5) is 0. The van der Waals surface area contributed by atoms with Crippen molar-refractivity contribution < 1.29 is 8.78 Å². The topological polar surface area (TPSA) is 0 Å². The Bertz CT molecular complexity index is 277. The lowest BCUT2D eigenvalue weighted by atomic mass is 9.89. The van der Waals surface area contributed by atoms with E-state index in [4.69, 9.17) is 0 Å². The molecule has 0 saturated carbocycles. The van der Waals surface area contributed by atoms with Crippen LogP contribution in [-0.2, 0) is 0 Å². The summed E-state index contributed by atoms with van der Waals surface area (Å²) in [7, 11) is 0. The molecule has 0 aromatic heterocycles.